The number of benzene rings is 1. The maximum Gasteiger partial charge on any atom is 0.525 e. The molecule has 1 fully saturated rings. The van der Waals surface area contributed by atoms with E-state index in [-0.39, 0.29) is 5.82 Å². The van der Waals surface area contributed by atoms with Gasteiger partial charge in [0.15, 0.2) is 0 Å². The second kappa shape index (κ2) is 4.93. The molecule has 0 amide bonds. The van der Waals surface area contributed by atoms with Crippen LogP contribution in [0.15, 0.2) is 30.1 Å². The van der Waals surface area contributed by atoms with Gasteiger partial charge in [0.05, 0.1) is 16.7 Å². The Bertz CT molecular complexity index is 736. The fourth-order valence-electron chi connectivity index (χ4n) is 2.43. The van der Waals surface area contributed by atoms with E-state index < -0.39 is 24.0 Å². The van der Waals surface area contributed by atoms with E-state index in [0.717, 1.165) is 0 Å². The lowest BCUT2D eigenvalue weighted by Crippen LogP contribution is -2.41. The molecule has 22 heavy (non-hydrogen) atoms. The second-order valence-electron chi connectivity index (χ2n) is 6.52. The van der Waals surface area contributed by atoms with Crippen LogP contribution >= 0.6 is 0 Å². The first-order valence-electron chi connectivity index (χ1n) is 7.20. The highest BCUT2D eigenvalue weighted by Crippen LogP contribution is 2.39. The molecule has 1 saturated heterocycles. The van der Waals surface area contributed by atoms with E-state index in [9.17, 15) is 8.78 Å². The van der Waals surface area contributed by atoms with Gasteiger partial charge < -0.3 is 14.3 Å². The van der Waals surface area contributed by atoms with Crippen molar-refractivity contribution < 1.29 is 18.1 Å². The number of rotatable bonds is 2. The quantitative estimate of drug-likeness (QED) is 0.842. The van der Waals surface area contributed by atoms with Crippen molar-refractivity contribution in [3.63, 3.8) is 0 Å². The van der Waals surface area contributed by atoms with Gasteiger partial charge in [-0.1, -0.05) is 12.1 Å². The number of nitrogens with one attached hydrogen (secondary N) is 1. The van der Waals surface area contributed by atoms with Crippen molar-refractivity contribution in [1.82, 2.24) is 4.98 Å². The van der Waals surface area contributed by atoms with Gasteiger partial charge in [-0.2, -0.15) is 0 Å². The molecule has 1 aromatic heterocycles. The number of para-hydroxylation sites is 1. The van der Waals surface area contributed by atoms with Gasteiger partial charge in [-0.3, -0.25) is 0 Å². The van der Waals surface area contributed by atoms with Gasteiger partial charge in [-0.25, -0.2) is 8.78 Å². The number of fused-ring (bicyclic) bond motifs is 1. The highest BCUT2D eigenvalue weighted by molar-refractivity contribution is 6.54. The maximum absolute atomic E-state index is 14.5. The van der Waals surface area contributed by atoms with E-state index in [1.54, 1.807) is 18.3 Å². The topological polar surface area (TPSA) is 34.2 Å². The summed E-state index contributed by atoms with van der Waals surface area (Å²) in [5, 5.41) is 0.617. The van der Waals surface area contributed by atoms with Crippen molar-refractivity contribution in [2.24, 2.45) is 0 Å². The summed E-state index contributed by atoms with van der Waals surface area (Å²) >= 11 is 0. The third kappa shape index (κ3) is 2.36. The van der Waals surface area contributed by atoms with Crippen molar-refractivity contribution in [3.8, 4) is 0 Å². The minimum absolute atomic E-state index is 0.357. The summed E-state index contributed by atoms with van der Waals surface area (Å²) in [4.78, 5) is 2.82. The monoisotopic (exact) mass is 305 g/mol. The Kier molecular flexibility index (Phi) is 3.42. The third-order valence-corrected chi connectivity index (χ3v) is 4.47. The number of aromatic nitrogens is 1. The molecule has 2 heterocycles. The van der Waals surface area contributed by atoms with Crippen LogP contribution in [0.2, 0.25) is 0 Å². The summed E-state index contributed by atoms with van der Waals surface area (Å²) in [6.07, 6.45) is 2.89. The van der Waals surface area contributed by atoms with Crippen LogP contribution in [-0.4, -0.2) is 23.3 Å². The normalized spacial score (nSPS) is 20.8. The summed E-state index contributed by atoms with van der Waals surface area (Å²) in [5.41, 5.74) is -0.828. The summed E-state index contributed by atoms with van der Waals surface area (Å²) in [5.74, 6) is -0.367. The van der Waals surface area contributed by atoms with Gasteiger partial charge in [-0.15, -0.1) is 0 Å². The average molecular weight is 305 g/mol. The third-order valence-electron chi connectivity index (χ3n) is 4.47. The molecule has 0 bridgehead atoms. The van der Waals surface area contributed by atoms with E-state index >= 15 is 0 Å². The van der Waals surface area contributed by atoms with Crippen LogP contribution in [0, 0.1) is 5.82 Å². The molecule has 0 radical (unpaired) electrons. The van der Waals surface area contributed by atoms with Crippen LogP contribution < -0.4 is 0 Å². The molecule has 1 N–H and O–H groups in total. The summed E-state index contributed by atoms with van der Waals surface area (Å²) in [6.45, 7) is 7.45. The van der Waals surface area contributed by atoms with Gasteiger partial charge in [0, 0.05) is 17.1 Å². The average Bonchev–Trinajstić information content (AvgIpc) is 2.90. The molecule has 0 aliphatic carbocycles. The first-order chi connectivity index (χ1) is 10.2. The van der Waals surface area contributed by atoms with Crippen molar-refractivity contribution >= 4 is 24.1 Å². The van der Waals surface area contributed by atoms with Gasteiger partial charge in [0.2, 0.25) is 0 Å². The van der Waals surface area contributed by atoms with Crippen LogP contribution in [0.5, 0.6) is 0 Å². The molecule has 3 rings (SSSR count). The van der Waals surface area contributed by atoms with Crippen LogP contribution in [0.4, 0.5) is 8.78 Å². The summed E-state index contributed by atoms with van der Waals surface area (Å²) in [7, 11) is -1.05. The van der Waals surface area contributed by atoms with Crippen LogP contribution in [0.1, 0.15) is 33.3 Å². The zero-order valence-corrected chi connectivity index (χ0v) is 13.0. The molecule has 0 saturated carbocycles. The fourth-order valence-corrected chi connectivity index (χ4v) is 2.43. The molecular weight excluding hydrogens is 287 g/mol. The largest absolute Gasteiger partial charge is 0.525 e. The Labute approximate surface area is 128 Å². The van der Waals surface area contributed by atoms with Crippen LogP contribution in [-0.2, 0) is 9.31 Å². The van der Waals surface area contributed by atoms with E-state index in [4.69, 9.17) is 9.31 Å². The van der Waals surface area contributed by atoms with Gasteiger partial charge >= 0.3 is 7.12 Å². The Morgan fingerprint density at radius 3 is 2.45 bits per heavy atom. The number of aromatic amines is 1. The molecule has 3 nitrogen and oxygen atoms in total. The molecule has 0 atom stereocenters. The Hall–Kier alpha value is -1.66. The Morgan fingerprint density at radius 2 is 1.82 bits per heavy atom. The zero-order chi connectivity index (χ0) is 16.1. The molecule has 1 aliphatic heterocycles. The first kappa shape index (κ1) is 15.2. The fraction of sp³-hybridized carbons (Fsp3) is 0.375. The minimum atomic E-state index is -1.05. The summed E-state index contributed by atoms with van der Waals surface area (Å²) < 4.78 is 39.5. The molecule has 1 aromatic carbocycles. The number of halogens is 2. The van der Waals surface area contributed by atoms with E-state index in [2.05, 4.69) is 4.98 Å². The van der Waals surface area contributed by atoms with Crippen molar-refractivity contribution in [2.45, 2.75) is 38.9 Å². The van der Waals surface area contributed by atoms with Crippen LogP contribution in [0.25, 0.3) is 17.0 Å². The van der Waals surface area contributed by atoms with Gasteiger partial charge in [-0.05, 0) is 39.8 Å². The number of hydrogen-bond donors (Lipinski definition) is 1. The lowest BCUT2D eigenvalue weighted by Gasteiger charge is -2.32. The predicted octanol–water partition coefficient (Wildman–Crippen LogP) is 4.25. The van der Waals surface area contributed by atoms with Crippen molar-refractivity contribution in [2.75, 3.05) is 0 Å². The molecule has 116 valence electrons. The minimum Gasteiger partial charge on any atom is -0.398 e. The molecular formula is C16H18BF2NO2. The number of hydrogen-bond acceptors (Lipinski definition) is 2. The standard InChI is InChI=1S/C16H18BF2NO2/c1-15(2)16(3,4)22-17(21-15)13(19)8-10-9-20-14-11(10)6-5-7-12(14)18/h5-9,20H,1-4H3. The predicted molar refractivity (Wildman–Crippen MR) is 83.4 cm³/mol. The van der Waals surface area contributed by atoms with Gasteiger partial charge in [0.25, 0.3) is 0 Å². The SMILES string of the molecule is CC1(C)OB(C(F)=Cc2c[nH]c3c(F)cccc23)OC1(C)C. The highest BCUT2D eigenvalue weighted by Gasteiger charge is 2.53. The maximum atomic E-state index is 14.5. The van der Waals surface area contributed by atoms with E-state index in [1.165, 1.54) is 12.1 Å². The summed E-state index contributed by atoms with van der Waals surface area (Å²) in [6, 6.07) is 4.69. The number of H-pyrrole nitrogens is 1. The first-order valence-corrected chi connectivity index (χ1v) is 7.20. The van der Waals surface area contributed by atoms with Crippen LogP contribution in [0.3, 0.4) is 0 Å². The molecule has 1 aliphatic rings. The Balaban J connectivity index is 1.93. The lowest BCUT2D eigenvalue weighted by molar-refractivity contribution is 0.00578. The van der Waals surface area contributed by atoms with E-state index in [0.29, 0.717) is 16.5 Å². The highest BCUT2D eigenvalue weighted by atomic mass is 19.1. The smallest absolute Gasteiger partial charge is 0.398 e. The van der Waals surface area contributed by atoms with Crippen molar-refractivity contribution in [1.29, 1.82) is 0 Å². The van der Waals surface area contributed by atoms with Crippen molar-refractivity contribution in [3.05, 3.63) is 41.5 Å². The molecule has 0 spiro atoms. The molecule has 0 unspecified atom stereocenters. The lowest BCUT2D eigenvalue weighted by atomic mass is 9.87. The Morgan fingerprint density at radius 1 is 1.18 bits per heavy atom. The molecule has 2 aromatic rings. The van der Waals surface area contributed by atoms with Gasteiger partial charge in [0.1, 0.15) is 11.5 Å². The zero-order valence-electron chi connectivity index (χ0n) is 13.0. The second-order valence-corrected chi connectivity index (χ2v) is 6.52. The molecule has 6 heteroatoms. The van der Waals surface area contributed by atoms with E-state index in [1.807, 2.05) is 27.7 Å².